The number of carbonyl (C=O) groups excluding carboxylic acids is 1. The van der Waals surface area contributed by atoms with Gasteiger partial charge in [-0.25, -0.2) is 4.98 Å². The number of thioether (sulfide) groups is 1. The van der Waals surface area contributed by atoms with Crippen molar-refractivity contribution in [2.24, 2.45) is 5.92 Å². The molecule has 2 aliphatic heterocycles. The zero-order chi connectivity index (χ0) is 21.4. The van der Waals surface area contributed by atoms with Crippen LogP contribution in [0.3, 0.4) is 0 Å². The smallest absolute Gasteiger partial charge is 0.257 e. The highest BCUT2D eigenvalue weighted by Gasteiger charge is 2.33. The number of aryl methyl sites for hydroxylation is 2. The van der Waals surface area contributed by atoms with Crippen molar-refractivity contribution in [3.63, 3.8) is 0 Å². The number of fused-ring (bicyclic) bond motifs is 2. The largest absolute Gasteiger partial charge is 0.476 e. The number of ether oxygens (including phenoxy) is 1. The first kappa shape index (κ1) is 20.5. The summed E-state index contributed by atoms with van der Waals surface area (Å²) in [5.41, 5.74) is 2.78. The highest BCUT2D eigenvalue weighted by Crippen LogP contribution is 2.34. The van der Waals surface area contributed by atoms with E-state index in [0.717, 1.165) is 73.1 Å². The molecule has 3 aliphatic rings. The Kier molecular flexibility index (Phi) is 5.69. The number of piperidine rings is 1. The predicted molar refractivity (Wildman–Crippen MR) is 116 cm³/mol. The fourth-order valence-corrected chi connectivity index (χ4v) is 5.80. The first-order chi connectivity index (χ1) is 15.1. The molecule has 5 rings (SSSR count). The van der Waals surface area contributed by atoms with Gasteiger partial charge in [0.15, 0.2) is 5.16 Å². The second-order valence-corrected chi connectivity index (χ2v) is 9.65. The fraction of sp³-hybridized carbons (Fsp3) is 0.591. The minimum atomic E-state index is -0.0837. The van der Waals surface area contributed by atoms with Crippen LogP contribution >= 0.6 is 11.8 Å². The third-order valence-electron chi connectivity index (χ3n) is 6.49. The van der Waals surface area contributed by atoms with Gasteiger partial charge in [-0.2, -0.15) is 5.10 Å². The number of amides is 1. The molecule has 1 atom stereocenters. The molecule has 1 aliphatic carbocycles. The summed E-state index contributed by atoms with van der Waals surface area (Å²) in [6.07, 6.45) is 4.92. The van der Waals surface area contributed by atoms with E-state index in [1.807, 2.05) is 24.0 Å². The van der Waals surface area contributed by atoms with Crippen molar-refractivity contribution in [1.82, 2.24) is 24.6 Å². The van der Waals surface area contributed by atoms with E-state index in [1.165, 1.54) is 0 Å². The van der Waals surface area contributed by atoms with Gasteiger partial charge in [-0.05, 0) is 51.0 Å². The lowest BCUT2D eigenvalue weighted by atomic mass is 9.97. The topological polar surface area (TPSA) is 90.2 Å². The van der Waals surface area contributed by atoms with Gasteiger partial charge in [0.1, 0.15) is 0 Å². The molecule has 1 saturated heterocycles. The molecule has 2 aromatic heterocycles. The van der Waals surface area contributed by atoms with Crippen molar-refractivity contribution in [2.75, 3.05) is 25.4 Å². The first-order valence-electron chi connectivity index (χ1n) is 11.1. The highest BCUT2D eigenvalue weighted by molar-refractivity contribution is 7.99. The van der Waals surface area contributed by atoms with Crippen molar-refractivity contribution in [3.8, 4) is 5.88 Å². The van der Waals surface area contributed by atoms with Crippen LogP contribution in [-0.4, -0.2) is 56.0 Å². The van der Waals surface area contributed by atoms with E-state index in [-0.39, 0.29) is 17.5 Å². The Morgan fingerprint density at radius 3 is 2.84 bits per heavy atom. The maximum atomic E-state index is 13.0. The van der Waals surface area contributed by atoms with Gasteiger partial charge in [0.25, 0.3) is 5.56 Å². The van der Waals surface area contributed by atoms with Gasteiger partial charge in [0.05, 0.1) is 24.0 Å². The van der Waals surface area contributed by atoms with E-state index >= 15 is 0 Å². The molecule has 0 N–H and O–H groups in total. The van der Waals surface area contributed by atoms with Crippen LogP contribution < -0.4 is 10.3 Å². The van der Waals surface area contributed by atoms with Crippen molar-refractivity contribution in [3.05, 3.63) is 39.4 Å². The van der Waals surface area contributed by atoms with Gasteiger partial charge in [-0.3, -0.25) is 14.2 Å². The predicted octanol–water partition coefficient (Wildman–Crippen LogP) is 2.18. The van der Waals surface area contributed by atoms with Gasteiger partial charge in [0, 0.05) is 36.9 Å². The molecule has 1 unspecified atom stereocenters. The Balaban J connectivity index is 1.15. The van der Waals surface area contributed by atoms with Gasteiger partial charge >= 0.3 is 0 Å². The van der Waals surface area contributed by atoms with Gasteiger partial charge in [-0.15, -0.1) is 5.10 Å². The van der Waals surface area contributed by atoms with Crippen LogP contribution in [0.5, 0.6) is 5.88 Å². The average molecular weight is 442 g/mol. The molecule has 0 bridgehead atoms. The minimum absolute atomic E-state index is 0.0790. The van der Waals surface area contributed by atoms with Crippen molar-refractivity contribution in [2.45, 2.75) is 56.6 Å². The molecule has 4 heterocycles. The lowest BCUT2D eigenvalue weighted by Gasteiger charge is -2.32. The molecule has 0 aromatic carbocycles. The number of aromatic nitrogens is 4. The van der Waals surface area contributed by atoms with E-state index in [4.69, 9.17) is 9.72 Å². The SMILES string of the molecule is Cc1ccc(OCC2CCN(C(=O)CC3CSc4nc5c(c(=O)n43)CCC5)CC2)nn1. The van der Waals surface area contributed by atoms with Crippen LogP contribution in [0.2, 0.25) is 0 Å². The van der Waals surface area contributed by atoms with Crippen LogP contribution in [0.25, 0.3) is 0 Å². The Labute approximate surface area is 185 Å². The van der Waals surface area contributed by atoms with E-state index in [1.54, 1.807) is 16.3 Å². The van der Waals surface area contributed by atoms with E-state index in [9.17, 15) is 9.59 Å². The van der Waals surface area contributed by atoms with E-state index in [2.05, 4.69) is 10.2 Å². The summed E-state index contributed by atoms with van der Waals surface area (Å²) in [5.74, 6) is 1.84. The Morgan fingerprint density at radius 1 is 1.23 bits per heavy atom. The lowest BCUT2D eigenvalue weighted by Crippen LogP contribution is -2.41. The summed E-state index contributed by atoms with van der Waals surface area (Å²) >= 11 is 1.60. The van der Waals surface area contributed by atoms with E-state index < -0.39 is 0 Å². The summed E-state index contributed by atoms with van der Waals surface area (Å²) in [6, 6.07) is 3.64. The van der Waals surface area contributed by atoms with Crippen molar-refractivity contribution >= 4 is 17.7 Å². The minimum Gasteiger partial charge on any atom is -0.476 e. The molecule has 31 heavy (non-hydrogen) atoms. The van der Waals surface area contributed by atoms with Crippen LogP contribution in [0.4, 0.5) is 0 Å². The maximum Gasteiger partial charge on any atom is 0.257 e. The summed E-state index contributed by atoms with van der Waals surface area (Å²) in [7, 11) is 0. The number of carbonyl (C=O) groups is 1. The molecule has 1 fully saturated rings. The fourth-order valence-electron chi connectivity index (χ4n) is 4.65. The standard InChI is InChI=1S/C22H27N5O3S/c1-14-5-6-19(25-24-14)30-12-15-7-9-26(10-8-15)20(28)11-16-13-31-22-23-18-4-2-3-17(18)21(29)27(16)22/h5-6,15-16H,2-4,7-13H2,1H3. The number of nitrogens with zero attached hydrogens (tertiary/aromatic N) is 5. The van der Waals surface area contributed by atoms with E-state index in [0.29, 0.717) is 24.8 Å². The number of hydrogen-bond acceptors (Lipinski definition) is 7. The second kappa shape index (κ2) is 8.61. The Morgan fingerprint density at radius 2 is 2.06 bits per heavy atom. The lowest BCUT2D eigenvalue weighted by molar-refractivity contribution is -0.133. The van der Waals surface area contributed by atoms with Crippen LogP contribution in [0, 0.1) is 12.8 Å². The molecule has 1 amide bonds. The monoisotopic (exact) mass is 441 g/mol. The van der Waals surface area contributed by atoms with Gasteiger partial charge < -0.3 is 9.64 Å². The van der Waals surface area contributed by atoms with Crippen molar-refractivity contribution in [1.29, 1.82) is 0 Å². The third kappa shape index (κ3) is 4.20. The maximum absolute atomic E-state index is 13.0. The summed E-state index contributed by atoms with van der Waals surface area (Å²) in [6.45, 7) is 3.96. The number of rotatable bonds is 5. The van der Waals surface area contributed by atoms with Gasteiger partial charge in [-0.1, -0.05) is 11.8 Å². The molecule has 0 radical (unpaired) electrons. The van der Waals surface area contributed by atoms with Crippen LogP contribution in [0.15, 0.2) is 22.1 Å². The molecule has 9 heteroatoms. The molecule has 164 valence electrons. The van der Waals surface area contributed by atoms with Crippen molar-refractivity contribution < 1.29 is 9.53 Å². The number of likely N-dealkylation sites (tertiary alicyclic amines) is 1. The average Bonchev–Trinajstić information content (AvgIpc) is 3.41. The van der Waals surface area contributed by atoms with Crippen LogP contribution in [0.1, 0.15) is 48.7 Å². The molecular formula is C22H27N5O3S. The normalized spacial score (nSPS) is 20.5. The zero-order valence-corrected chi connectivity index (χ0v) is 18.6. The zero-order valence-electron chi connectivity index (χ0n) is 17.7. The molecule has 0 saturated carbocycles. The highest BCUT2D eigenvalue weighted by atomic mass is 32.2. The molecule has 8 nitrogen and oxygen atoms in total. The summed E-state index contributed by atoms with van der Waals surface area (Å²) in [5, 5.41) is 8.84. The molecule has 2 aromatic rings. The summed E-state index contributed by atoms with van der Waals surface area (Å²) in [4.78, 5) is 32.5. The molecule has 0 spiro atoms. The van der Waals surface area contributed by atoms with Crippen LogP contribution in [-0.2, 0) is 17.6 Å². The summed E-state index contributed by atoms with van der Waals surface area (Å²) < 4.78 is 7.56. The quantitative estimate of drug-likeness (QED) is 0.657. The second-order valence-electron chi connectivity index (χ2n) is 8.67. The number of hydrogen-bond donors (Lipinski definition) is 0. The third-order valence-corrected chi connectivity index (χ3v) is 7.59. The van der Waals surface area contributed by atoms with Gasteiger partial charge in [0.2, 0.25) is 11.8 Å². The Hall–Kier alpha value is -2.42. The molecular weight excluding hydrogens is 414 g/mol. The Bertz CT molecular complexity index is 1030. The first-order valence-corrected chi connectivity index (χ1v) is 12.0.